The highest BCUT2D eigenvalue weighted by Gasteiger charge is 2.17. The molecule has 2 fully saturated rings. The maximum Gasteiger partial charge on any atom is 0.234 e. The lowest BCUT2D eigenvalue weighted by molar-refractivity contribution is -0.135. The molecule has 0 aromatic rings. The van der Waals surface area contributed by atoms with Crippen molar-refractivity contribution in [3.8, 4) is 0 Å². The number of hydrogen-bond acceptors (Lipinski definition) is 5. The third kappa shape index (κ3) is 5.99. The molecule has 0 radical (unpaired) electrons. The highest BCUT2D eigenvalue weighted by molar-refractivity contribution is 5.80. The Hall–Kier alpha value is -1.18. The molecule has 120 valence electrons. The Morgan fingerprint density at radius 1 is 1.10 bits per heavy atom. The van der Waals surface area contributed by atoms with Crippen LogP contribution in [0.2, 0.25) is 0 Å². The minimum Gasteiger partial charge on any atom is -0.378 e. The third-order valence-corrected chi connectivity index (χ3v) is 3.82. The summed E-state index contributed by atoms with van der Waals surface area (Å²) in [6, 6.07) is 0. The van der Waals surface area contributed by atoms with Gasteiger partial charge in [0.15, 0.2) is 0 Å². The first-order valence-corrected chi connectivity index (χ1v) is 7.81. The van der Waals surface area contributed by atoms with E-state index in [0.29, 0.717) is 45.8 Å². The largest absolute Gasteiger partial charge is 0.378 e. The molecule has 2 aliphatic heterocycles. The molecule has 21 heavy (non-hydrogen) atoms. The first kappa shape index (κ1) is 16.2. The maximum atomic E-state index is 11.9. The number of amides is 2. The van der Waals surface area contributed by atoms with Crippen LogP contribution in [0.3, 0.4) is 0 Å². The van der Waals surface area contributed by atoms with Crippen LogP contribution < -0.4 is 10.6 Å². The second-order valence-corrected chi connectivity index (χ2v) is 5.47. The molecule has 2 saturated heterocycles. The quantitative estimate of drug-likeness (QED) is 0.656. The van der Waals surface area contributed by atoms with Gasteiger partial charge in [-0.3, -0.25) is 14.5 Å². The number of morpholine rings is 1. The average Bonchev–Trinajstić information content (AvgIpc) is 2.76. The Labute approximate surface area is 126 Å². The Morgan fingerprint density at radius 3 is 2.71 bits per heavy atom. The predicted molar refractivity (Wildman–Crippen MR) is 79.0 cm³/mol. The fourth-order valence-electron chi connectivity index (χ4n) is 2.60. The van der Waals surface area contributed by atoms with Gasteiger partial charge >= 0.3 is 0 Å². The molecule has 0 atom stereocenters. The van der Waals surface area contributed by atoms with Gasteiger partial charge in [-0.1, -0.05) is 0 Å². The van der Waals surface area contributed by atoms with Crippen LogP contribution in [0.5, 0.6) is 0 Å². The average molecular weight is 298 g/mol. The van der Waals surface area contributed by atoms with Crippen molar-refractivity contribution in [2.24, 2.45) is 0 Å². The van der Waals surface area contributed by atoms with E-state index in [1.54, 1.807) is 4.90 Å². The van der Waals surface area contributed by atoms with Crippen LogP contribution in [0.1, 0.15) is 12.8 Å². The summed E-state index contributed by atoms with van der Waals surface area (Å²) < 4.78 is 5.21. The zero-order valence-corrected chi connectivity index (χ0v) is 12.6. The molecule has 0 aromatic carbocycles. The number of carbonyl (C=O) groups excluding carboxylic acids is 2. The second kappa shape index (κ2) is 8.96. The zero-order valence-electron chi connectivity index (χ0n) is 12.6. The molecule has 2 amide bonds. The van der Waals surface area contributed by atoms with Crippen LogP contribution in [0.4, 0.5) is 0 Å². The summed E-state index contributed by atoms with van der Waals surface area (Å²) in [7, 11) is 0. The van der Waals surface area contributed by atoms with E-state index in [4.69, 9.17) is 4.74 Å². The number of hydrogen-bond donors (Lipinski definition) is 2. The SMILES string of the molecule is O=C(CN1CCCNCC1)NCCC(=O)N1CCOCC1. The summed E-state index contributed by atoms with van der Waals surface area (Å²) in [6.07, 6.45) is 1.44. The van der Waals surface area contributed by atoms with Crippen molar-refractivity contribution in [1.82, 2.24) is 20.4 Å². The first-order chi connectivity index (χ1) is 10.3. The van der Waals surface area contributed by atoms with E-state index in [-0.39, 0.29) is 11.8 Å². The lowest BCUT2D eigenvalue weighted by atomic mass is 10.3. The summed E-state index contributed by atoms with van der Waals surface area (Å²) in [5, 5.41) is 6.15. The number of nitrogens with zero attached hydrogens (tertiary/aromatic N) is 2. The highest BCUT2D eigenvalue weighted by atomic mass is 16.5. The third-order valence-electron chi connectivity index (χ3n) is 3.82. The van der Waals surface area contributed by atoms with Crippen molar-refractivity contribution < 1.29 is 14.3 Å². The number of carbonyl (C=O) groups is 2. The normalized spacial score (nSPS) is 20.9. The van der Waals surface area contributed by atoms with Gasteiger partial charge in [-0.15, -0.1) is 0 Å². The molecule has 0 spiro atoms. The van der Waals surface area contributed by atoms with Crippen LogP contribution in [0.25, 0.3) is 0 Å². The summed E-state index contributed by atoms with van der Waals surface area (Å²) >= 11 is 0. The van der Waals surface area contributed by atoms with Crippen LogP contribution in [-0.2, 0) is 14.3 Å². The molecule has 0 saturated carbocycles. The van der Waals surface area contributed by atoms with Crippen molar-refractivity contribution in [1.29, 1.82) is 0 Å². The highest BCUT2D eigenvalue weighted by Crippen LogP contribution is 1.99. The van der Waals surface area contributed by atoms with Crippen LogP contribution in [-0.4, -0.2) is 87.2 Å². The monoisotopic (exact) mass is 298 g/mol. The lowest BCUT2D eigenvalue weighted by Gasteiger charge is -2.27. The van der Waals surface area contributed by atoms with Crippen LogP contribution in [0, 0.1) is 0 Å². The molecular weight excluding hydrogens is 272 g/mol. The Bertz CT molecular complexity index is 337. The predicted octanol–water partition coefficient (Wildman–Crippen LogP) is -1.35. The lowest BCUT2D eigenvalue weighted by Crippen LogP contribution is -2.43. The Kier molecular flexibility index (Phi) is 6.91. The van der Waals surface area contributed by atoms with E-state index in [9.17, 15) is 9.59 Å². The number of nitrogens with one attached hydrogen (secondary N) is 2. The molecule has 7 nitrogen and oxygen atoms in total. The summed E-state index contributed by atoms with van der Waals surface area (Å²) in [5.74, 6) is 0.101. The van der Waals surface area contributed by atoms with E-state index in [1.165, 1.54) is 0 Å². The minimum atomic E-state index is 0.00618. The van der Waals surface area contributed by atoms with Gasteiger partial charge in [0.1, 0.15) is 0 Å². The van der Waals surface area contributed by atoms with Crippen LogP contribution in [0.15, 0.2) is 0 Å². The fourth-order valence-corrected chi connectivity index (χ4v) is 2.60. The zero-order chi connectivity index (χ0) is 14.9. The van der Waals surface area contributed by atoms with E-state index < -0.39 is 0 Å². The smallest absolute Gasteiger partial charge is 0.234 e. The van der Waals surface area contributed by atoms with Crippen molar-refractivity contribution in [3.05, 3.63) is 0 Å². The molecule has 0 bridgehead atoms. The molecule has 0 aliphatic carbocycles. The van der Waals surface area contributed by atoms with Crippen molar-refractivity contribution in [3.63, 3.8) is 0 Å². The van der Waals surface area contributed by atoms with E-state index >= 15 is 0 Å². The summed E-state index contributed by atoms with van der Waals surface area (Å²) in [5.41, 5.74) is 0. The molecule has 2 N–H and O–H groups in total. The van der Waals surface area contributed by atoms with Gasteiger partial charge in [0.2, 0.25) is 11.8 Å². The number of ether oxygens (including phenoxy) is 1. The maximum absolute atomic E-state index is 11.9. The second-order valence-electron chi connectivity index (χ2n) is 5.47. The van der Waals surface area contributed by atoms with Gasteiger partial charge in [-0.05, 0) is 19.5 Å². The van der Waals surface area contributed by atoms with Crippen molar-refractivity contribution >= 4 is 11.8 Å². The Morgan fingerprint density at radius 2 is 1.90 bits per heavy atom. The van der Waals surface area contributed by atoms with Crippen molar-refractivity contribution in [2.45, 2.75) is 12.8 Å². The molecule has 2 heterocycles. The molecule has 0 unspecified atom stereocenters. The molecule has 0 aromatic heterocycles. The molecule has 7 heteroatoms. The minimum absolute atomic E-state index is 0.00618. The van der Waals surface area contributed by atoms with E-state index in [2.05, 4.69) is 15.5 Å². The standard InChI is InChI=1S/C14H26N4O3/c19-13(12-17-6-1-3-15-5-7-17)16-4-2-14(20)18-8-10-21-11-9-18/h15H,1-12H2,(H,16,19). The molecule has 2 rings (SSSR count). The summed E-state index contributed by atoms with van der Waals surface area (Å²) in [6.45, 7) is 7.19. The number of rotatable bonds is 5. The van der Waals surface area contributed by atoms with Gasteiger partial charge < -0.3 is 20.3 Å². The summed E-state index contributed by atoms with van der Waals surface area (Å²) in [4.78, 5) is 27.7. The van der Waals surface area contributed by atoms with Crippen LogP contribution >= 0.6 is 0 Å². The van der Waals surface area contributed by atoms with Gasteiger partial charge in [-0.25, -0.2) is 0 Å². The van der Waals surface area contributed by atoms with E-state index in [1.807, 2.05) is 0 Å². The molecular formula is C14H26N4O3. The first-order valence-electron chi connectivity index (χ1n) is 7.81. The van der Waals surface area contributed by atoms with Crippen molar-refractivity contribution in [2.75, 3.05) is 65.6 Å². The fraction of sp³-hybridized carbons (Fsp3) is 0.857. The van der Waals surface area contributed by atoms with Gasteiger partial charge in [0, 0.05) is 39.1 Å². The van der Waals surface area contributed by atoms with Gasteiger partial charge in [-0.2, -0.15) is 0 Å². The van der Waals surface area contributed by atoms with E-state index in [0.717, 1.165) is 32.6 Å². The molecule has 2 aliphatic rings. The van der Waals surface area contributed by atoms with Gasteiger partial charge in [0.25, 0.3) is 0 Å². The topological polar surface area (TPSA) is 73.9 Å². The Balaban J connectivity index is 1.58. The van der Waals surface area contributed by atoms with Gasteiger partial charge in [0.05, 0.1) is 19.8 Å².